The Balaban J connectivity index is 2.05. The molecule has 1 atom stereocenters. The number of nitrogens with one attached hydrogen (secondary N) is 1. The molecule has 0 saturated heterocycles. The summed E-state index contributed by atoms with van der Waals surface area (Å²) in [6.07, 6.45) is 1.67. The molecule has 29 heavy (non-hydrogen) atoms. The zero-order valence-electron chi connectivity index (χ0n) is 17.2. The third-order valence-corrected chi connectivity index (χ3v) is 6.01. The van der Waals surface area contributed by atoms with Gasteiger partial charge >= 0.3 is 0 Å². The summed E-state index contributed by atoms with van der Waals surface area (Å²) in [6.45, 7) is 6.60. The van der Waals surface area contributed by atoms with Crippen LogP contribution in [0.3, 0.4) is 0 Å². The molecule has 1 heterocycles. The molecule has 150 valence electrons. The van der Waals surface area contributed by atoms with Crippen molar-refractivity contribution in [3.63, 3.8) is 0 Å². The molecule has 3 aromatic rings. The SMILES string of the molecule is CC[C@]1(C)Cc2ccccc2-c2nc(NCCO)n(-c3ccc(C)cc3)c(=O)c21. The zero-order chi connectivity index (χ0) is 20.6. The lowest BCUT2D eigenvalue weighted by Crippen LogP contribution is -2.39. The van der Waals surface area contributed by atoms with E-state index in [-0.39, 0.29) is 17.6 Å². The van der Waals surface area contributed by atoms with E-state index in [9.17, 15) is 9.90 Å². The van der Waals surface area contributed by atoms with E-state index in [1.54, 1.807) is 4.57 Å². The fourth-order valence-electron chi connectivity index (χ4n) is 4.20. The molecule has 1 aliphatic carbocycles. The van der Waals surface area contributed by atoms with Gasteiger partial charge in [0.25, 0.3) is 5.56 Å². The van der Waals surface area contributed by atoms with Gasteiger partial charge in [0, 0.05) is 17.5 Å². The fourth-order valence-corrected chi connectivity index (χ4v) is 4.20. The molecule has 0 aliphatic heterocycles. The van der Waals surface area contributed by atoms with Gasteiger partial charge < -0.3 is 10.4 Å². The Morgan fingerprint density at radius 3 is 2.59 bits per heavy atom. The maximum atomic E-state index is 13.9. The molecule has 2 N–H and O–H groups in total. The molecule has 1 aliphatic rings. The fraction of sp³-hybridized carbons (Fsp3) is 0.333. The molecule has 0 amide bonds. The second-order valence-corrected chi connectivity index (χ2v) is 8.03. The van der Waals surface area contributed by atoms with Crippen LogP contribution >= 0.6 is 0 Å². The van der Waals surface area contributed by atoms with Gasteiger partial charge in [0.05, 0.1) is 23.6 Å². The summed E-state index contributed by atoms with van der Waals surface area (Å²) in [7, 11) is 0. The number of nitrogens with zero attached hydrogens (tertiary/aromatic N) is 2. The number of fused-ring (bicyclic) bond motifs is 3. The third-order valence-electron chi connectivity index (χ3n) is 6.01. The van der Waals surface area contributed by atoms with E-state index < -0.39 is 0 Å². The summed E-state index contributed by atoms with van der Waals surface area (Å²) >= 11 is 0. The topological polar surface area (TPSA) is 67.2 Å². The Labute approximate surface area is 171 Å². The predicted octanol–water partition coefficient (Wildman–Crippen LogP) is 3.84. The number of aliphatic hydroxyl groups is 1. The molecule has 0 bridgehead atoms. The lowest BCUT2D eigenvalue weighted by molar-refractivity contribution is 0.310. The molecular weight excluding hydrogens is 362 g/mol. The second kappa shape index (κ2) is 7.48. The van der Waals surface area contributed by atoms with Gasteiger partial charge in [0.15, 0.2) is 0 Å². The highest BCUT2D eigenvalue weighted by molar-refractivity contribution is 5.73. The van der Waals surface area contributed by atoms with Crippen LogP contribution in [0.25, 0.3) is 16.9 Å². The number of anilines is 1. The van der Waals surface area contributed by atoms with Gasteiger partial charge in [-0.1, -0.05) is 55.8 Å². The van der Waals surface area contributed by atoms with E-state index in [0.29, 0.717) is 12.5 Å². The van der Waals surface area contributed by atoms with E-state index in [1.807, 2.05) is 49.4 Å². The largest absolute Gasteiger partial charge is 0.395 e. The maximum Gasteiger partial charge on any atom is 0.263 e. The van der Waals surface area contributed by atoms with Gasteiger partial charge in [-0.2, -0.15) is 0 Å². The van der Waals surface area contributed by atoms with Crippen molar-refractivity contribution < 1.29 is 5.11 Å². The number of aryl methyl sites for hydroxylation is 1. The van der Waals surface area contributed by atoms with Crippen LogP contribution in [0.5, 0.6) is 0 Å². The van der Waals surface area contributed by atoms with E-state index in [2.05, 4.69) is 25.2 Å². The average Bonchev–Trinajstić information content (AvgIpc) is 2.73. The highest BCUT2D eigenvalue weighted by Gasteiger charge is 2.38. The number of benzene rings is 2. The summed E-state index contributed by atoms with van der Waals surface area (Å²) in [5.41, 5.74) is 5.34. The quantitative estimate of drug-likeness (QED) is 0.696. The number of aliphatic hydroxyl groups excluding tert-OH is 1. The summed E-state index contributed by atoms with van der Waals surface area (Å²) in [5.74, 6) is 0.460. The molecule has 2 aromatic carbocycles. The number of hydrogen-bond acceptors (Lipinski definition) is 4. The molecule has 1 aromatic heterocycles. The van der Waals surface area contributed by atoms with Gasteiger partial charge in [-0.05, 0) is 37.5 Å². The van der Waals surface area contributed by atoms with Gasteiger partial charge in [0.2, 0.25) is 5.95 Å². The summed E-state index contributed by atoms with van der Waals surface area (Å²) in [6, 6.07) is 16.1. The van der Waals surface area contributed by atoms with Crippen LogP contribution in [0, 0.1) is 6.92 Å². The Kier molecular flexibility index (Phi) is 5.01. The van der Waals surface area contributed by atoms with E-state index in [4.69, 9.17) is 4.98 Å². The molecule has 0 spiro atoms. The van der Waals surface area contributed by atoms with Crippen molar-refractivity contribution in [2.75, 3.05) is 18.5 Å². The molecule has 0 saturated carbocycles. The molecule has 5 heteroatoms. The minimum absolute atomic E-state index is 0.0376. The van der Waals surface area contributed by atoms with Gasteiger partial charge in [-0.25, -0.2) is 9.55 Å². The minimum Gasteiger partial charge on any atom is -0.395 e. The van der Waals surface area contributed by atoms with Crippen molar-refractivity contribution in [1.82, 2.24) is 9.55 Å². The molecule has 0 unspecified atom stereocenters. The predicted molar refractivity (Wildman–Crippen MR) is 117 cm³/mol. The van der Waals surface area contributed by atoms with E-state index >= 15 is 0 Å². The van der Waals surface area contributed by atoms with Crippen LogP contribution in [-0.2, 0) is 11.8 Å². The van der Waals surface area contributed by atoms with Crippen LogP contribution in [0.2, 0.25) is 0 Å². The van der Waals surface area contributed by atoms with Crippen LogP contribution < -0.4 is 10.9 Å². The van der Waals surface area contributed by atoms with Crippen LogP contribution in [0.1, 0.15) is 37.0 Å². The molecule has 5 nitrogen and oxygen atoms in total. The third kappa shape index (κ3) is 3.25. The Bertz CT molecular complexity index is 1100. The summed E-state index contributed by atoms with van der Waals surface area (Å²) in [4.78, 5) is 18.8. The Hall–Kier alpha value is -2.92. The monoisotopic (exact) mass is 389 g/mol. The highest BCUT2D eigenvalue weighted by Crippen LogP contribution is 2.42. The first kappa shape index (κ1) is 19.4. The Morgan fingerprint density at radius 2 is 1.90 bits per heavy atom. The first-order valence-electron chi connectivity index (χ1n) is 10.2. The lowest BCUT2D eigenvalue weighted by atomic mass is 9.69. The molecule has 4 rings (SSSR count). The van der Waals surface area contributed by atoms with E-state index in [1.165, 1.54) is 5.56 Å². The minimum atomic E-state index is -0.282. The smallest absolute Gasteiger partial charge is 0.263 e. The average molecular weight is 389 g/mol. The normalized spacial score (nSPS) is 17.5. The van der Waals surface area contributed by atoms with Crippen LogP contribution in [0.15, 0.2) is 53.3 Å². The number of hydrogen-bond donors (Lipinski definition) is 2. The number of rotatable bonds is 5. The van der Waals surface area contributed by atoms with Gasteiger partial charge in [0.1, 0.15) is 0 Å². The van der Waals surface area contributed by atoms with Crippen molar-refractivity contribution in [3.8, 4) is 16.9 Å². The Morgan fingerprint density at radius 1 is 1.17 bits per heavy atom. The van der Waals surface area contributed by atoms with Crippen molar-refractivity contribution in [2.24, 2.45) is 0 Å². The van der Waals surface area contributed by atoms with Crippen molar-refractivity contribution in [2.45, 2.75) is 39.0 Å². The second-order valence-electron chi connectivity index (χ2n) is 8.03. The van der Waals surface area contributed by atoms with Crippen molar-refractivity contribution in [1.29, 1.82) is 0 Å². The van der Waals surface area contributed by atoms with Crippen LogP contribution in [0.4, 0.5) is 5.95 Å². The van der Waals surface area contributed by atoms with Gasteiger partial charge in [-0.3, -0.25) is 4.79 Å². The first-order valence-corrected chi connectivity index (χ1v) is 10.2. The molecule has 0 radical (unpaired) electrons. The van der Waals surface area contributed by atoms with Gasteiger partial charge in [-0.15, -0.1) is 0 Å². The zero-order valence-corrected chi connectivity index (χ0v) is 17.2. The summed E-state index contributed by atoms with van der Waals surface area (Å²) in [5, 5.41) is 12.5. The van der Waals surface area contributed by atoms with Crippen molar-refractivity contribution in [3.05, 3.63) is 75.6 Å². The van der Waals surface area contributed by atoms with Crippen LogP contribution in [-0.4, -0.2) is 27.8 Å². The molecule has 0 fully saturated rings. The maximum absolute atomic E-state index is 13.9. The molecular formula is C24H27N3O2. The number of aromatic nitrogens is 2. The van der Waals surface area contributed by atoms with Crippen molar-refractivity contribution >= 4 is 5.95 Å². The highest BCUT2D eigenvalue weighted by atomic mass is 16.3. The summed E-state index contributed by atoms with van der Waals surface area (Å²) < 4.78 is 1.65. The van der Waals surface area contributed by atoms with E-state index in [0.717, 1.165) is 40.9 Å². The first-order chi connectivity index (χ1) is 14.0. The standard InChI is InChI=1S/C24H27N3O2/c1-4-24(3)15-17-7-5-6-8-19(17)21-20(24)22(29)27(23(26-21)25-13-14-28)18-11-9-16(2)10-12-18/h5-12,28H,4,13-15H2,1-3H3,(H,25,26)/t24-/m1/s1. The lowest BCUT2D eigenvalue weighted by Gasteiger charge is -2.36.